The van der Waals surface area contributed by atoms with E-state index >= 15 is 0 Å². The van der Waals surface area contributed by atoms with Crippen LogP contribution in [0.25, 0.3) is 0 Å². The monoisotopic (exact) mass is 542 g/mol. The third kappa shape index (κ3) is 10.2. The molecule has 1 nitrogen and oxygen atoms in total. The molecule has 0 aliphatic heterocycles. The highest BCUT2D eigenvalue weighted by atomic mass is 16.1. The maximum absolute atomic E-state index is 12.7. The number of unbranched alkanes of at least 4 members (excludes halogenated alkanes) is 4. The van der Waals surface area contributed by atoms with E-state index in [0.717, 1.165) is 36.5 Å². The number of carbonyl (C=O) groups is 1. The second-order valence-corrected chi connectivity index (χ2v) is 13.4. The van der Waals surface area contributed by atoms with Gasteiger partial charge in [-0.2, -0.15) is 0 Å². The number of hydrogen-bond donors (Lipinski definition) is 0. The standard InChI is InChI=1S/C39H58O/c1-3-5-7-9-31-11-21-35(22-12-31)37-25-15-33(16-26-37)19-29-39(40)30-20-34-17-27-38(28-18-34)36-23-13-32(14-24-36)10-8-6-4-2/h15-18,25-28,31-32,35-36H,3-14,19-24,29-30H2,1-2H3/t31-,32?,35-,36?. The molecular weight excluding hydrogens is 484 g/mol. The summed E-state index contributed by atoms with van der Waals surface area (Å²) in [5.41, 5.74) is 5.67. The normalized spacial score (nSPS) is 23.2. The Labute approximate surface area is 246 Å². The molecule has 0 heterocycles. The Kier molecular flexibility index (Phi) is 13.3. The molecule has 0 bridgehead atoms. The van der Waals surface area contributed by atoms with Crippen molar-refractivity contribution in [1.82, 2.24) is 0 Å². The van der Waals surface area contributed by atoms with E-state index in [4.69, 9.17) is 0 Å². The molecular formula is C39H58O. The van der Waals surface area contributed by atoms with Crippen LogP contribution in [0.15, 0.2) is 48.5 Å². The van der Waals surface area contributed by atoms with Crippen molar-refractivity contribution in [2.45, 2.75) is 154 Å². The lowest BCUT2D eigenvalue weighted by molar-refractivity contribution is -0.119. The number of carbonyl (C=O) groups excluding carboxylic acids is 1. The Morgan fingerprint density at radius 3 is 1.27 bits per heavy atom. The number of ketones is 1. The van der Waals surface area contributed by atoms with Crippen LogP contribution in [0.3, 0.4) is 0 Å². The maximum atomic E-state index is 12.7. The molecule has 0 unspecified atom stereocenters. The van der Waals surface area contributed by atoms with Gasteiger partial charge in [-0.25, -0.2) is 0 Å². The third-order valence-corrected chi connectivity index (χ3v) is 10.4. The van der Waals surface area contributed by atoms with E-state index in [1.165, 1.54) is 125 Å². The highest BCUT2D eigenvalue weighted by Gasteiger charge is 2.23. The van der Waals surface area contributed by atoms with E-state index in [-0.39, 0.29) is 0 Å². The first kappa shape index (κ1) is 31.1. The first-order valence-electron chi connectivity index (χ1n) is 17.3. The van der Waals surface area contributed by atoms with Gasteiger partial charge < -0.3 is 0 Å². The predicted octanol–water partition coefficient (Wildman–Crippen LogP) is 11.5. The van der Waals surface area contributed by atoms with Gasteiger partial charge in [-0.15, -0.1) is 0 Å². The predicted molar refractivity (Wildman–Crippen MR) is 172 cm³/mol. The van der Waals surface area contributed by atoms with Crippen molar-refractivity contribution in [2.75, 3.05) is 0 Å². The lowest BCUT2D eigenvalue weighted by Crippen LogP contribution is -2.13. The first-order chi connectivity index (χ1) is 19.6. The van der Waals surface area contributed by atoms with Gasteiger partial charge in [0.25, 0.3) is 0 Å². The molecule has 0 N–H and O–H groups in total. The van der Waals surface area contributed by atoms with Crippen LogP contribution in [0.4, 0.5) is 0 Å². The van der Waals surface area contributed by atoms with Gasteiger partial charge in [-0.3, -0.25) is 4.79 Å². The number of Topliss-reactive ketones (excluding diaryl/α,β-unsaturated/α-hetero) is 1. The van der Waals surface area contributed by atoms with Crippen molar-refractivity contribution >= 4 is 5.78 Å². The SMILES string of the molecule is CCCCCC1CCC(c2ccc(CCC(=O)CCc3ccc([C@H]4CC[C@H](CCCCC)CC4)cc3)cc2)CC1. The van der Waals surface area contributed by atoms with Crippen molar-refractivity contribution < 1.29 is 4.79 Å². The van der Waals surface area contributed by atoms with Crippen LogP contribution in [0.2, 0.25) is 0 Å². The smallest absolute Gasteiger partial charge is 0.133 e. The van der Waals surface area contributed by atoms with Crippen LogP contribution in [0.5, 0.6) is 0 Å². The van der Waals surface area contributed by atoms with Gasteiger partial charge in [0.15, 0.2) is 0 Å². The molecule has 40 heavy (non-hydrogen) atoms. The second kappa shape index (κ2) is 17.2. The van der Waals surface area contributed by atoms with Crippen molar-refractivity contribution in [2.24, 2.45) is 11.8 Å². The average Bonchev–Trinajstić information content (AvgIpc) is 3.00. The molecule has 0 atom stereocenters. The molecule has 1 heteroatoms. The molecule has 0 radical (unpaired) electrons. The van der Waals surface area contributed by atoms with Gasteiger partial charge in [0.1, 0.15) is 5.78 Å². The minimum atomic E-state index is 0.399. The van der Waals surface area contributed by atoms with Gasteiger partial charge in [-0.1, -0.05) is 114 Å². The first-order valence-corrected chi connectivity index (χ1v) is 17.3. The fraction of sp³-hybridized carbons (Fsp3) is 0.667. The molecule has 0 amide bonds. The van der Waals surface area contributed by atoms with Gasteiger partial charge in [0.05, 0.1) is 0 Å². The third-order valence-electron chi connectivity index (χ3n) is 10.4. The van der Waals surface area contributed by atoms with Crippen LogP contribution in [-0.2, 0) is 17.6 Å². The number of rotatable bonds is 16. The lowest BCUT2D eigenvalue weighted by Gasteiger charge is -2.29. The lowest BCUT2D eigenvalue weighted by atomic mass is 9.77. The van der Waals surface area contributed by atoms with E-state index in [1.807, 2.05) is 0 Å². The Hall–Kier alpha value is -1.89. The van der Waals surface area contributed by atoms with Gasteiger partial charge >= 0.3 is 0 Å². The zero-order valence-electron chi connectivity index (χ0n) is 26.0. The summed E-state index contributed by atoms with van der Waals surface area (Å²) in [7, 11) is 0. The summed E-state index contributed by atoms with van der Waals surface area (Å²) in [6.45, 7) is 4.60. The largest absolute Gasteiger partial charge is 0.300 e. The maximum Gasteiger partial charge on any atom is 0.133 e. The van der Waals surface area contributed by atoms with Crippen molar-refractivity contribution in [3.8, 4) is 0 Å². The van der Waals surface area contributed by atoms with Crippen LogP contribution < -0.4 is 0 Å². The van der Waals surface area contributed by atoms with E-state index < -0.39 is 0 Å². The topological polar surface area (TPSA) is 17.1 Å². The Balaban J connectivity index is 1.11. The Morgan fingerprint density at radius 1 is 0.550 bits per heavy atom. The van der Waals surface area contributed by atoms with E-state index in [9.17, 15) is 4.79 Å². The number of aryl methyl sites for hydroxylation is 2. The molecule has 2 aromatic carbocycles. The summed E-state index contributed by atoms with van der Waals surface area (Å²) < 4.78 is 0. The fourth-order valence-electron chi connectivity index (χ4n) is 7.54. The molecule has 2 aliphatic rings. The summed E-state index contributed by atoms with van der Waals surface area (Å²) in [6, 6.07) is 18.5. The fourth-order valence-corrected chi connectivity index (χ4v) is 7.54. The Bertz CT molecular complexity index is 875. The molecule has 0 aromatic heterocycles. The van der Waals surface area contributed by atoms with E-state index in [2.05, 4.69) is 62.4 Å². The van der Waals surface area contributed by atoms with E-state index in [1.54, 1.807) is 0 Å². The highest BCUT2D eigenvalue weighted by Crippen LogP contribution is 2.39. The molecule has 2 aromatic rings. The molecule has 2 aliphatic carbocycles. The van der Waals surface area contributed by atoms with Crippen molar-refractivity contribution in [1.29, 1.82) is 0 Å². The molecule has 220 valence electrons. The Morgan fingerprint density at radius 2 is 0.925 bits per heavy atom. The average molecular weight is 543 g/mol. The van der Waals surface area contributed by atoms with E-state index in [0.29, 0.717) is 18.6 Å². The minimum Gasteiger partial charge on any atom is -0.300 e. The zero-order chi connectivity index (χ0) is 28.0. The summed E-state index contributed by atoms with van der Waals surface area (Å²) in [6.07, 6.45) is 25.4. The minimum absolute atomic E-state index is 0.399. The molecule has 4 rings (SSSR count). The quantitative estimate of drug-likeness (QED) is 0.193. The summed E-state index contributed by atoms with van der Waals surface area (Å²) >= 11 is 0. The highest BCUT2D eigenvalue weighted by molar-refractivity contribution is 5.78. The number of benzene rings is 2. The van der Waals surface area contributed by atoms with Gasteiger partial charge in [-0.05, 0) is 110 Å². The molecule has 0 spiro atoms. The zero-order valence-corrected chi connectivity index (χ0v) is 26.0. The van der Waals surface area contributed by atoms with Crippen LogP contribution >= 0.6 is 0 Å². The molecule has 0 saturated heterocycles. The summed E-state index contributed by atoms with van der Waals surface area (Å²) in [5, 5.41) is 0. The van der Waals surface area contributed by atoms with Crippen LogP contribution in [-0.4, -0.2) is 5.78 Å². The van der Waals surface area contributed by atoms with Crippen LogP contribution in [0, 0.1) is 11.8 Å². The number of hydrogen-bond acceptors (Lipinski definition) is 1. The van der Waals surface area contributed by atoms with Gasteiger partial charge in [0.2, 0.25) is 0 Å². The van der Waals surface area contributed by atoms with Gasteiger partial charge in [0, 0.05) is 12.8 Å². The second-order valence-electron chi connectivity index (χ2n) is 13.4. The van der Waals surface area contributed by atoms with Crippen LogP contribution in [0.1, 0.15) is 164 Å². The molecule has 2 fully saturated rings. The summed E-state index contributed by atoms with van der Waals surface area (Å²) in [4.78, 5) is 12.7. The summed E-state index contributed by atoms with van der Waals surface area (Å²) in [5.74, 6) is 3.83. The van der Waals surface area contributed by atoms with Crippen molar-refractivity contribution in [3.05, 3.63) is 70.8 Å². The van der Waals surface area contributed by atoms with Crippen molar-refractivity contribution in [3.63, 3.8) is 0 Å². The molecule has 2 saturated carbocycles.